The second kappa shape index (κ2) is 3.00. The van der Waals surface area contributed by atoms with Gasteiger partial charge < -0.3 is 0 Å². The minimum Gasteiger partial charge on any atom is -0.0737 e. The predicted molar refractivity (Wildman–Crippen MR) is 66.4 cm³/mol. The van der Waals surface area contributed by atoms with Gasteiger partial charge in [-0.2, -0.15) is 0 Å². The number of fused-ring (bicyclic) bond motifs is 3. The van der Waals surface area contributed by atoms with Gasteiger partial charge in [-0.15, -0.1) is 0 Å². The molecule has 2 aromatic carbocycles. The molecule has 15 heavy (non-hydrogen) atoms. The van der Waals surface area contributed by atoms with Crippen molar-refractivity contribution in [3.8, 4) is 11.1 Å². The Hall–Kier alpha value is -1.50. The van der Waals surface area contributed by atoms with Gasteiger partial charge in [-0.1, -0.05) is 52.9 Å². The van der Waals surface area contributed by atoms with Crippen LogP contribution in [0.1, 0.15) is 11.1 Å². The zero-order valence-corrected chi connectivity index (χ0v) is 9.04. The lowest BCUT2D eigenvalue weighted by molar-refractivity contribution is 1.43. The first-order valence-electron chi connectivity index (χ1n) is 5.32. The maximum atomic E-state index is 2.30. The van der Waals surface area contributed by atoms with Crippen LogP contribution < -0.4 is 10.9 Å². The van der Waals surface area contributed by atoms with Crippen LogP contribution in [0.15, 0.2) is 36.4 Å². The summed E-state index contributed by atoms with van der Waals surface area (Å²) in [6, 6.07) is 13.0. The van der Waals surface area contributed by atoms with E-state index in [-0.39, 0.29) is 0 Å². The van der Waals surface area contributed by atoms with Crippen molar-refractivity contribution in [3.63, 3.8) is 0 Å². The Labute approximate surface area is 91.2 Å². The van der Waals surface area contributed by atoms with Gasteiger partial charge in [0.25, 0.3) is 0 Å². The van der Waals surface area contributed by atoms with E-state index in [1.807, 2.05) is 0 Å². The van der Waals surface area contributed by atoms with E-state index in [0.717, 1.165) is 0 Å². The third-order valence-electron chi connectivity index (χ3n) is 3.20. The number of hydrogen-bond acceptors (Lipinski definition) is 0. The van der Waals surface area contributed by atoms with Crippen molar-refractivity contribution >= 4 is 18.2 Å². The topological polar surface area (TPSA) is 0 Å². The van der Waals surface area contributed by atoms with E-state index in [1.165, 1.54) is 33.2 Å². The van der Waals surface area contributed by atoms with E-state index in [9.17, 15) is 0 Å². The Morgan fingerprint density at radius 1 is 0.867 bits per heavy atom. The summed E-state index contributed by atoms with van der Waals surface area (Å²) in [5, 5.41) is 0. The molecule has 0 spiro atoms. The molecular formula is C14H12B. The fraction of sp³-hybridized carbons (Fsp3) is 0.143. The minimum absolute atomic E-state index is 1.35. The Bertz CT molecular complexity index is 541. The molecule has 2 aromatic rings. The van der Waals surface area contributed by atoms with Gasteiger partial charge in [0.1, 0.15) is 0 Å². The molecule has 3 rings (SSSR count). The number of rotatable bonds is 0. The van der Waals surface area contributed by atoms with Crippen LogP contribution in [-0.4, -0.2) is 7.28 Å². The highest BCUT2D eigenvalue weighted by Crippen LogP contribution is 2.24. The van der Waals surface area contributed by atoms with E-state index in [1.54, 1.807) is 0 Å². The summed E-state index contributed by atoms with van der Waals surface area (Å²) in [7, 11) is 2.30. The monoisotopic (exact) mass is 191 g/mol. The quantitative estimate of drug-likeness (QED) is 0.476. The second-order valence-electron chi connectivity index (χ2n) is 4.22. The summed E-state index contributed by atoms with van der Waals surface area (Å²) in [6.07, 6.45) is 0. The number of benzene rings is 2. The van der Waals surface area contributed by atoms with Gasteiger partial charge in [0.05, 0.1) is 0 Å². The van der Waals surface area contributed by atoms with Crippen LogP contribution >= 0.6 is 0 Å². The minimum atomic E-state index is 1.35. The van der Waals surface area contributed by atoms with Crippen LogP contribution in [0.5, 0.6) is 0 Å². The summed E-state index contributed by atoms with van der Waals surface area (Å²) in [4.78, 5) is 0. The molecule has 0 atom stereocenters. The molecule has 1 heterocycles. The molecule has 0 fully saturated rings. The van der Waals surface area contributed by atoms with Crippen LogP contribution in [0.4, 0.5) is 0 Å². The lowest BCUT2D eigenvalue weighted by Crippen LogP contribution is -2.23. The largest absolute Gasteiger partial charge is 0.193 e. The van der Waals surface area contributed by atoms with Crippen molar-refractivity contribution in [1.29, 1.82) is 0 Å². The van der Waals surface area contributed by atoms with Gasteiger partial charge in [0.15, 0.2) is 7.28 Å². The van der Waals surface area contributed by atoms with E-state index < -0.39 is 0 Å². The SMILES string of the molecule is Cc1ccc(C)c2c1[B]c1ccccc1-2. The van der Waals surface area contributed by atoms with Crippen molar-refractivity contribution in [2.75, 3.05) is 0 Å². The molecule has 0 amide bonds. The van der Waals surface area contributed by atoms with E-state index in [4.69, 9.17) is 0 Å². The van der Waals surface area contributed by atoms with Gasteiger partial charge in [0, 0.05) is 0 Å². The third kappa shape index (κ3) is 1.16. The molecular weight excluding hydrogens is 179 g/mol. The van der Waals surface area contributed by atoms with Crippen molar-refractivity contribution < 1.29 is 0 Å². The smallest absolute Gasteiger partial charge is 0.0737 e. The van der Waals surface area contributed by atoms with Gasteiger partial charge in [-0.25, -0.2) is 0 Å². The summed E-state index contributed by atoms with van der Waals surface area (Å²) < 4.78 is 0. The normalized spacial score (nSPS) is 11.9. The maximum Gasteiger partial charge on any atom is 0.193 e. The average Bonchev–Trinajstić information content (AvgIpc) is 2.64. The van der Waals surface area contributed by atoms with Crippen molar-refractivity contribution in [2.45, 2.75) is 13.8 Å². The van der Waals surface area contributed by atoms with Crippen LogP contribution in [-0.2, 0) is 0 Å². The molecule has 1 heteroatoms. The van der Waals surface area contributed by atoms with E-state index in [0.29, 0.717) is 0 Å². The summed E-state index contributed by atoms with van der Waals surface area (Å²) in [5.41, 5.74) is 8.30. The zero-order chi connectivity index (χ0) is 10.4. The number of aryl methyl sites for hydroxylation is 2. The van der Waals surface area contributed by atoms with E-state index in [2.05, 4.69) is 57.5 Å². The molecule has 71 valence electrons. The lowest BCUT2D eigenvalue weighted by Gasteiger charge is -2.08. The first kappa shape index (κ1) is 8.78. The fourth-order valence-corrected chi connectivity index (χ4v) is 2.38. The van der Waals surface area contributed by atoms with Gasteiger partial charge >= 0.3 is 0 Å². The first-order chi connectivity index (χ1) is 7.27. The predicted octanol–water partition coefficient (Wildman–Crippen LogP) is 1.94. The zero-order valence-electron chi connectivity index (χ0n) is 9.04. The van der Waals surface area contributed by atoms with Crippen LogP contribution in [0.25, 0.3) is 11.1 Å². The van der Waals surface area contributed by atoms with Crippen molar-refractivity contribution in [1.82, 2.24) is 0 Å². The average molecular weight is 191 g/mol. The molecule has 0 N–H and O–H groups in total. The third-order valence-corrected chi connectivity index (χ3v) is 3.20. The van der Waals surface area contributed by atoms with Crippen molar-refractivity contribution in [2.24, 2.45) is 0 Å². The highest BCUT2D eigenvalue weighted by atomic mass is 14.2. The Morgan fingerprint density at radius 3 is 2.47 bits per heavy atom. The molecule has 0 aromatic heterocycles. The number of hydrogen-bond donors (Lipinski definition) is 0. The summed E-state index contributed by atoms with van der Waals surface area (Å²) in [6.45, 7) is 4.37. The summed E-state index contributed by atoms with van der Waals surface area (Å²) in [5.74, 6) is 0. The standard InChI is InChI=1S/C14H12B/c1-9-7-8-10(2)14-13(9)11-5-3-4-6-12(11)15-14/h3-8H,1-2H3. The Kier molecular flexibility index (Phi) is 1.75. The molecule has 1 radical (unpaired) electrons. The maximum absolute atomic E-state index is 2.30. The van der Waals surface area contributed by atoms with Crippen LogP contribution in [0, 0.1) is 13.8 Å². The molecule has 1 aliphatic heterocycles. The van der Waals surface area contributed by atoms with Gasteiger partial charge in [-0.3, -0.25) is 0 Å². The Morgan fingerprint density at radius 2 is 1.60 bits per heavy atom. The lowest BCUT2D eigenvalue weighted by atomic mass is 9.66. The van der Waals surface area contributed by atoms with Crippen molar-refractivity contribution in [3.05, 3.63) is 47.5 Å². The highest BCUT2D eigenvalue weighted by molar-refractivity contribution is 6.73. The first-order valence-corrected chi connectivity index (χ1v) is 5.32. The second-order valence-corrected chi connectivity index (χ2v) is 4.22. The van der Waals surface area contributed by atoms with Gasteiger partial charge in [0.2, 0.25) is 0 Å². The fourth-order valence-electron chi connectivity index (χ4n) is 2.38. The van der Waals surface area contributed by atoms with Crippen LogP contribution in [0.3, 0.4) is 0 Å². The summed E-state index contributed by atoms with van der Waals surface area (Å²) >= 11 is 0. The molecule has 1 aliphatic rings. The Balaban J connectivity index is 2.37. The van der Waals surface area contributed by atoms with Crippen LogP contribution in [0.2, 0.25) is 0 Å². The highest BCUT2D eigenvalue weighted by Gasteiger charge is 2.21. The molecule has 0 bridgehead atoms. The molecule has 0 saturated carbocycles. The molecule has 0 aliphatic carbocycles. The molecule has 0 saturated heterocycles. The molecule has 0 unspecified atom stereocenters. The van der Waals surface area contributed by atoms with E-state index >= 15 is 0 Å². The molecule has 0 nitrogen and oxygen atoms in total. The van der Waals surface area contributed by atoms with Gasteiger partial charge in [-0.05, 0) is 30.5 Å².